The average Bonchev–Trinajstić information content (AvgIpc) is 3.62. The first-order valence-corrected chi connectivity index (χ1v) is 12.3. The molecule has 0 amide bonds. The number of aromatic nitrogens is 2. The molecule has 202 valence electrons. The number of fused-ring (bicyclic) bond motifs is 8. The predicted molar refractivity (Wildman–Crippen MR) is 130 cm³/mol. The van der Waals surface area contributed by atoms with Gasteiger partial charge in [-0.15, -0.1) is 0 Å². The summed E-state index contributed by atoms with van der Waals surface area (Å²) in [5.41, 5.74) is -1.46. The Bertz CT molecular complexity index is 1640. The van der Waals surface area contributed by atoms with Gasteiger partial charge in [0.25, 0.3) is 0 Å². The minimum atomic E-state index is -5.03. The summed E-state index contributed by atoms with van der Waals surface area (Å²) in [5, 5.41) is 0. The van der Waals surface area contributed by atoms with Crippen LogP contribution in [0.2, 0.25) is 0 Å². The third-order valence-electron chi connectivity index (χ3n) is 7.91. The van der Waals surface area contributed by atoms with E-state index < -0.39 is 50.9 Å². The lowest BCUT2D eigenvalue weighted by atomic mass is 9.88. The smallest absolute Gasteiger partial charge is 0.413 e. The Kier molecular flexibility index (Phi) is 3.97. The minimum absolute atomic E-state index is 0.171. The second kappa shape index (κ2) is 6.79. The summed E-state index contributed by atoms with van der Waals surface area (Å²) in [6, 6.07) is 7.45. The summed E-state index contributed by atoms with van der Waals surface area (Å²) < 4.78 is 127. The molecule has 0 bridgehead atoms. The number of nitrogens with zero attached hydrogens (tertiary/aromatic N) is 8. The van der Waals surface area contributed by atoms with Crippen molar-refractivity contribution < 1.29 is 52.5 Å². The van der Waals surface area contributed by atoms with Gasteiger partial charge in [-0.2, -0.15) is 0 Å². The van der Waals surface area contributed by atoms with Gasteiger partial charge in [-0.1, -0.05) is 12.1 Å². The summed E-state index contributed by atoms with van der Waals surface area (Å²) in [4.78, 5) is 0.692. The van der Waals surface area contributed by atoms with E-state index >= 15 is 34.5 Å². The lowest BCUT2D eigenvalue weighted by Crippen LogP contribution is -2.70. The quantitative estimate of drug-likeness (QED) is 0.393. The van der Waals surface area contributed by atoms with E-state index in [1.54, 1.807) is 0 Å². The molecule has 0 N–H and O–H groups in total. The van der Waals surface area contributed by atoms with Crippen LogP contribution in [0.5, 0.6) is 0 Å². The third-order valence-corrected chi connectivity index (χ3v) is 7.91. The van der Waals surface area contributed by atoms with Crippen LogP contribution < -0.4 is 18.8 Å². The average molecular weight is 562 g/mol. The van der Waals surface area contributed by atoms with E-state index in [0.29, 0.717) is 17.9 Å². The maximum atomic E-state index is 16.2. The van der Waals surface area contributed by atoms with Gasteiger partial charge in [0.1, 0.15) is 0 Å². The van der Waals surface area contributed by atoms with Crippen molar-refractivity contribution in [2.75, 3.05) is 9.84 Å². The first kappa shape index (κ1) is 23.4. The normalized spacial score (nSPS) is 25.0. The highest BCUT2D eigenvalue weighted by molar-refractivity contribution is 6.71. The topological polar surface area (TPSA) is 26.7 Å². The van der Waals surface area contributed by atoms with Gasteiger partial charge in [0.2, 0.25) is 23.1 Å². The molecule has 0 atom stereocenters. The van der Waals surface area contributed by atoms with Gasteiger partial charge in [0, 0.05) is 48.8 Å². The highest BCUT2D eigenvalue weighted by atomic mass is 19.3. The monoisotopic (exact) mass is 562 g/mol. The molecule has 8 nitrogen and oxygen atoms in total. The molecule has 6 aliphatic heterocycles. The fourth-order valence-corrected chi connectivity index (χ4v) is 6.28. The minimum Gasteiger partial charge on any atom is -0.413 e. The van der Waals surface area contributed by atoms with E-state index in [4.69, 9.17) is 0 Å². The maximum absolute atomic E-state index is 16.2. The van der Waals surface area contributed by atoms with E-state index in [-0.39, 0.29) is 31.1 Å². The Hall–Kier alpha value is -4.50. The molecule has 0 unspecified atom stereocenters. The summed E-state index contributed by atoms with van der Waals surface area (Å²) in [5.74, 6) is -0.963. The van der Waals surface area contributed by atoms with Crippen LogP contribution in [0.3, 0.4) is 0 Å². The first-order chi connectivity index (χ1) is 18.9. The first-order valence-electron chi connectivity index (χ1n) is 12.3. The molecule has 40 heavy (non-hydrogen) atoms. The van der Waals surface area contributed by atoms with Crippen molar-refractivity contribution in [2.24, 2.45) is 0 Å². The van der Waals surface area contributed by atoms with Crippen LogP contribution in [-0.2, 0) is 0 Å². The number of allylic oxidation sites excluding steroid dienone is 4. The van der Waals surface area contributed by atoms with Gasteiger partial charge in [0.05, 0.1) is 12.4 Å². The van der Waals surface area contributed by atoms with Crippen molar-refractivity contribution in [1.82, 2.24) is 9.84 Å². The third kappa shape index (κ3) is 2.48. The van der Waals surface area contributed by atoms with Crippen molar-refractivity contribution in [3.63, 3.8) is 0 Å². The van der Waals surface area contributed by atoms with E-state index in [2.05, 4.69) is 0 Å². The number of halogens is 8. The van der Waals surface area contributed by atoms with E-state index in [1.807, 2.05) is 0 Å². The molecule has 8 rings (SSSR count). The Balaban J connectivity index is 1.34. The zero-order chi connectivity index (χ0) is 28.0. The van der Waals surface area contributed by atoms with Crippen LogP contribution in [0.15, 0.2) is 96.9 Å². The van der Waals surface area contributed by atoms with Gasteiger partial charge < -0.3 is 53.3 Å². The van der Waals surface area contributed by atoms with Gasteiger partial charge in [0.15, 0.2) is 11.4 Å². The van der Waals surface area contributed by atoms with Crippen molar-refractivity contribution in [2.45, 2.75) is 0 Å². The molecule has 2 aromatic heterocycles. The SMILES string of the molecule is F[B-]1(F)N2c3cccc[n+]3[B-](F)(F)N2C=C2C=CC(C3=[N+]4C(=CN5N(c6cccc[n+]6[B-]5(F)F)[B-]4(F)F)C=C3)=[N+]21. The summed E-state index contributed by atoms with van der Waals surface area (Å²) in [7, 11) is 0. The van der Waals surface area contributed by atoms with Crippen LogP contribution in [0, 0.1) is 0 Å². The van der Waals surface area contributed by atoms with Crippen LogP contribution in [0.1, 0.15) is 0 Å². The standard InChI is InChI=1S/C20H14B4F8N8/c25-21(26)33-11-3-1-5-19(33)39-23(29,30)37-15(13-35(21)39)7-9-17(37)18-10-8-16-14-36-22(27,28)34-12-4-2-6-20(34)40(36)24(31,32)38(16)18/h1-14H. The number of rotatable bonds is 1. The number of anilines is 2. The number of hydrogen-bond acceptors (Lipinski definition) is 4. The van der Waals surface area contributed by atoms with Crippen molar-refractivity contribution in [1.29, 1.82) is 0 Å². The van der Waals surface area contributed by atoms with Crippen molar-refractivity contribution in [3.05, 3.63) is 96.9 Å². The van der Waals surface area contributed by atoms with Crippen LogP contribution in [-0.4, -0.2) is 58.1 Å². The highest BCUT2D eigenvalue weighted by Gasteiger charge is 2.73. The molecule has 0 spiro atoms. The Morgan fingerprint density at radius 1 is 0.500 bits per heavy atom. The molecule has 6 aliphatic rings. The number of pyridine rings is 2. The Morgan fingerprint density at radius 2 is 0.900 bits per heavy atom. The van der Waals surface area contributed by atoms with Gasteiger partial charge in [-0.25, -0.2) is 0 Å². The van der Waals surface area contributed by atoms with E-state index in [0.717, 1.165) is 61.2 Å². The van der Waals surface area contributed by atoms with Crippen LogP contribution in [0.25, 0.3) is 0 Å². The predicted octanol–water partition coefficient (Wildman–Crippen LogP) is 1.99. The number of hydrogen-bond donors (Lipinski definition) is 0. The molecule has 8 heterocycles. The second-order valence-electron chi connectivity index (χ2n) is 10.0. The van der Waals surface area contributed by atoms with E-state index in [9.17, 15) is 0 Å². The summed E-state index contributed by atoms with van der Waals surface area (Å²) in [6.07, 6.45) is 8.16. The van der Waals surface area contributed by atoms with Crippen molar-refractivity contribution in [3.8, 4) is 0 Å². The molecule has 0 radical (unpaired) electrons. The molecule has 0 aromatic carbocycles. The van der Waals surface area contributed by atoms with E-state index in [1.165, 1.54) is 24.3 Å². The number of hydrazine groups is 2. The van der Waals surface area contributed by atoms with Crippen LogP contribution in [0.4, 0.5) is 46.2 Å². The van der Waals surface area contributed by atoms with Crippen molar-refractivity contribution >= 4 is 50.9 Å². The molecule has 0 fully saturated rings. The Morgan fingerprint density at radius 3 is 1.30 bits per heavy atom. The zero-order valence-corrected chi connectivity index (χ0v) is 20.0. The van der Waals surface area contributed by atoms with Gasteiger partial charge in [-0.3, -0.25) is 18.8 Å². The fourth-order valence-electron chi connectivity index (χ4n) is 6.28. The fraction of sp³-hybridized carbons (Fsp3) is 0. The molecule has 2 aromatic rings. The molecule has 0 saturated carbocycles. The Labute approximate surface area is 220 Å². The second-order valence-corrected chi connectivity index (χ2v) is 10.0. The molecule has 20 heteroatoms. The maximum Gasteiger partial charge on any atom is 0.850 e. The molecular weight excluding hydrogens is 548 g/mol. The van der Waals surface area contributed by atoms with Crippen LogP contribution >= 0.6 is 0 Å². The zero-order valence-electron chi connectivity index (χ0n) is 20.0. The lowest BCUT2D eigenvalue weighted by molar-refractivity contribution is -0.549. The lowest BCUT2D eigenvalue weighted by Gasteiger charge is -2.40. The largest absolute Gasteiger partial charge is 0.850 e. The van der Waals surface area contributed by atoms with Gasteiger partial charge in [-0.05, 0) is 12.1 Å². The molecule has 0 aliphatic carbocycles. The summed E-state index contributed by atoms with van der Waals surface area (Å²) in [6.45, 7) is -19.4. The highest BCUT2D eigenvalue weighted by Crippen LogP contribution is 2.42. The summed E-state index contributed by atoms with van der Waals surface area (Å²) >= 11 is 0. The molecule has 0 saturated heterocycles. The van der Waals surface area contributed by atoms with Gasteiger partial charge >= 0.3 is 27.9 Å². The molecular formula is C20H14B4F8N8.